The van der Waals surface area contributed by atoms with Gasteiger partial charge in [0, 0.05) is 13.1 Å². The summed E-state index contributed by atoms with van der Waals surface area (Å²) in [6.45, 7) is 1.39. The Morgan fingerprint density at radius 1 is 1.21 bits per heavy atom. The maximum Gasteiger partial charge on any atom is 0.245 e. The molecule has 4 heteroatoms. The molecule has 0 aliphatic carbocycles. The number of hydrogen-bond acceptors (Lipinski definition) is 3. The first kappa shape index (κ1) is 11.6. The molecule has 2 amide bonds. The SMILES string of the molecule is CC(=O)N1C(=O)C(c2ccccc2)c2ccncc21. The number of pyridine rings is 1. The fourth-order valence-electron chi connectivity index (χ4n) is 2.50. The Labute approximate surface area is 110 Å². The van der Waals surface area contributed by atoms with Crippen LogP contribution in [0.2, 0.25) is 0 Å². The first-order chi connectivity index (χ1) is 9.20. The number of imide groups is 1. The van der Waals surface area contributed by atoms with E-state index in [2.05, 4.69) is 4.98 Å². The van der Waals surface area contributed by atoms with Crippen molar-refractivity contribution in [2.45, 2.75) is 12.8 Å². The molecule has 3 rings (SSSR count). The zero-order valence-electron chi connectivity index (χ0n) is 10.4. The van der Waals surface area contributed by atoms with Crippen LogP contribution in [0, 0.1) is 0 Å². The summed E-state index contributed by atoms with van der Waals surface area (Å²) < 4.78 is 0. The van der Waals surface area contributed by atoms with Gasteiger partial charge in [-0.15, -0.1) is 0 Å². The fraction of sp³-hybridized carbons (Fsp3) is 0.133. The lowest BCUT2D eigenvalue weighted by Gasteiger charge is -2.13. The quantitative estimate of drug-likeness (QED) is 0.781. The third kappa shape index (κ3) is 1.73. The lowest BCUT2D eigenvalue weighted by Crippen LogP contribution is -2.33. The molecule has 0 spiro atoms. The first-order valence-electron chi connectivity index (χ1n) is 6.03. The van der Waals surface area contributed by atoms with Crippen molar-refractivity contribution in [1.82, 2.24) is 4.98 Å². The molecule has 0 N–H and O–H groups in total. The Hall–Kier alpha value is -2.49. The van der Waals surface area contributed by atoms with E-state index in [1.165, 1.54) is 11.8 Å². The molecule has 1 aliphatic rings. The smallest absolute Gasteiger partial charge is 0.245 e. The van der Waals surface area contributed by atoms with Gasteiger partial charge in [0.05, 0.1) is 17.8 Å². The van der Waals surface area contributed by atoms with Gasteiger partial charge in [-0.25, -0.2) is 4.90 Å². The largest absolute Gasteiger partial charge is 0.274 e. The second kappa shape index (κ2) is 4.31. The van der Waals surface area contributed by atoms with Gasteiger partial charge < -0.3 is 0 Å². The summed E-state index contributed by atoms with van der Waals surface area (Å²) in [5.74, 6) is -0.900. The van der Waals surface area contributed by atoms with Crippen LogP contribution in [0.3, 0.4) is 0 Å². The number of nitrogens with zero attached hydrogens (tertiary/aromatic N) is 2. The number of rotatable bonds is 1. The van der Waals surface area contributed by atoms with E-state index in [0.29, 0.717) is 5.69 Å². The van der Waals surface area contributed by atoms with Gasteiger partial charge in [-0.3, -0.25) is 14.6 Å². The first-order valence-corrected chi connectivity index (χ1v) is 6.03. The van der Waals surface area contributed by atoms with Crippen LogP contribution < -0.4 is 4.90 Å². The molecule has 1 aliphatic heterocycles. The molecule has 2 aromatic rings. The molecule has 94 valence electrons. The summed E-state index contributed by atoms with van der Waals surface area (Å²) in [5.41, 5.74) is 2.32. The zero-order valence-corrected chi connectivity index (χ0v) is 10.4. The average Bonchev–Trinajstić information content (AvgIpc) is 2.71. The molecule has 1 atom stereocenters. The van der Waals surface area contributed by atoms with Gasteiger partial charge in [-0.05, 0) is 17.2 Å². The summed E-state index contributed by atoms with van der Waals surface area (Å²) in [6.07, 6.45) is 3.21. The lowest BCUT2D eigenvalue weighted by molar-refractivity contribution is -0.125. The highest BCUT2D eigenvalue weighted by Gasteiger charge is 2.40. The highest BCUT2D eigenvalue weighted by atomic mass is 16.2. The number of amides is 2. The molecular formula is C15H12N2O2. The van der Waals surface area contributed by atoms with Crippen molar-refractivity contribution in [2.75, 3.05) is 4.90 Å². The highest BCUT2D eigenvalue weighted by molar-refractivity contribution is 6.21. The van der Waals surface area contributed by atoms with Crippen LogP contribution in [-0.2, 0) is 9.59 Å². The molecule has 1 aromatic heterocycles. The van der Waals surface area contributed by atoms with Gasteiger partial charge in [-0.2, -0.15) is 0 Å². The van der Waals surface area contributed by atoms with Crippen molar-refractivity contribution in [2.24, 2.45) is 0 Å². The Morgan fingerprint density at radius 3 is 2.63 bits per heavy atom. The maximum absolute atomic E-state index is 12.5. The molecule has 0 fully saturated rings. The summed E-state index contributed by atoms with van der Waals surface area (Å²) in [5, 5.41) is 0. The number of carbonyl (C=O) groups is 2. The third-order valence-corrected chi connectivity index (χ3v) is 3.30. The Kier molecular flexibility index (Phi) is 2.63. The summed E-state index contributed by atoms with van der Waals surface area (Å²) in [6, 6.07) is 11.3. The molecule has 19 heavy (non-hydrogen) atoms. The van der Waals surface area contributed by atoms with Crippen LogP contribution in [0.25, 0.3) is 0 Å². The van der Waals surface area contributed by atoms with Crippen molar-refractivity contribution in [3.05, 3.63) is 59.9 Å². The predicted molar refractivity (Wildman–Crippen MR) is 70.7 cm³/mol. The second-order valence-electron chi connectivity index (χ2n) is 4.47. The van der Waals surface area contributed by atoms with Gasteiger partial charge in [0.1, 0.15) is 0 Å². The average molecular weight is 252 g/mol. The lowest BCUT2D eigenvalue weighted by atomic mass is 9.93. The minimum absolute atomic E-state index is 0.207. The molecule has 2 heterocycles. The molecule has 1 aromatic carbocycles. The Balaban J connectivity index is 2.18. The number of carbonyl (C=O) groups excluding carboxylic acids is 2. The van der Waals surface area contributed by atoms with Gasteiger partial charge in [-0.1, -0.05) is 30.3 Å². The zero-order chi connectivity index (χ0) is 13.4. The van der Waals surface area contributed by atoms with Gasteiger partial charge in [0.2, 0.25) is 11.8 Å². The monoisotopic (exact) mass is 252 g/mol. The van der Waals surface area contributed by atoms with E-state index in [-0.39, 0.29) is 11.8 Å². The van der Waals surface area contributed by atoms with E-state index >= 15 is 0 Å². The molecule has 0 bridgehead atoms. The predicted octanol–water partition coefficient (Wildman–Crippen LogP) is 2.11. The van der Waals surface area contributed by atoms with Gasteiger partial charge in [0.25, 0.3) is 0 Å². The van der Waals surface area contributed by atoms with E-state index in [9.17, 15) is 9.59 Å². The van der Waals surface area contributed by atoms with E-state index in [1.807, 2.05) is 30.3 Å². The van der Waals surface area contributed by atoms with E-state index in [0.717, 1.165) is 11.1 Å². The van der Waals surface area contributed by atoms with Crippen molar-refractivity contribution in [3.8, 4) is 0 Å². The number of fused-ring (bicyclic) bond motifs is 1. The molecule has 0 saturated carbocycles. The Bertz CT molecular complexity index is 652. The maximum atomic E-state index is 12.5. The normalized spacial score (nSPS) is 17.4. The van der Waals surface area contributed by atoms with Crippen molar-refractivity contribution in [3.63, 3.8) is 0 Å². The van der Waals surface area contributed by atoms with Crippen molar-refractivity contribution >= 4 is 17.5 Å². The topological polar surface area (TPSA) is 50.3 Å². The molecule has 0 saturated heterocycles. The van der Waals surface area contributed by atoms with Crippen molar-refractivity contribution in [1.29, 1.82) is 0 Å². The van der Waals surface area contributed by atoms with E-state index in [4.69, 9.17) is 0 Å². The van der Waals surface area contributed by atoms with Crippen LogP contribution in [0.5, 0.6) is 0 Å². The number of hydrogen-bond donors (Lipinski definition) is 0. The molecular weight excluding hydrogens is 240 g/mol. The van der Waals surface area contributed by atoms with Crippen LogP contribution in [-0.4, -0.2) is 16.8 Å². The van der Waals surface area contributed by atoms with Crippen LogP contribution in [0.4, 0.5) is 5.69 Å². The molecule has 1 unspecified atom stereocenters. The third-order valence-electron chi connectivity index (χ3n) is 3.30. The number of benzene rings is 1. The van der Waals surface area contributed by atoms with Crippen LogP contribution in [0.1, 0.15) is 24.0 Å². The van der Waals surface area contributed by atoms with Gasteiger partial charge in [0.15, 0.2) is 0 Å². The fourth-order valence-corrected chi connectivity index (χ4v) is 2.50. The Morgan fingerprint density at radius 2 is 1.95 bits per heavy atom. The standard InChI is InChI=1S/C15H12N2O2/c1-10(18)17-13-9-16-8-7-12(13)14(15(17)19)11-5-3-2-4-6-11/h2-9,14H,1H3. The van der Waals surface area contributed by atoms with Crippen LogP contribution >= 0.6 is 0 Å². The van der Waals surface area contributed by atoms with Crippen LogP contribution in [0.15, 0.2) is 48.8 Å². The number of anilines is 1. The molecule has 4 nitrogen and oxygen atoms in total. The second-order valence-corrected chi connectivity index (χ2v) is 4.47. The minimum Gasteiger partial charge on any atom is -0.274 e. The summed E-state index contributed by atoms with van der Waals surface area (Å²) >= 11 is 0. The van der Waals surface area contributed by atoms with Crippen molar-refractivity contribution < 1.29 is 9.59 Å². The van der Waals surface area contributed by atoms with E-state index in [1.54, 1.807) is 18.5 Å². The molecule has 0 radical (unpaired) electrons. The highest BCUT2D eigenvalue weighted by Crippen LogP contribution is 2.40. The summed E-state index contributed by atoms with van der Waals surface area (Å²) in [4.78, 5) is 29.4. The van der Waals surface area contributed by atoms with E-state index < -0.39 is 5.92 Å². The summed E-state index contributed by atoms with van der Waals surface area (Å²) in [7, 11) is 0. The number of aromatic nitrogens is 1. The van der Waals surface area contributed by atoms with Gasteiger partial charge >= 0.3 is 0 Å². The minimum atomic E-state index is -0.414.